The molecule has 0 bridgehead atoms. The number of hydrogen-bond donors (Lipinski definition) is 0. The van der Waals surface area contributed by atoms with Gasteiger partial charge in [0.05, 0.1) is 18.3 Å². The Morgan fingerprint density at radius 2 is 2.05 bits per heavy atom. The molecule has 0 saturated carbocycles. The molecule has 0 radical (unpaired) electrons. The molecule has 1 amide bonds. The normalized spacial score (nSPS) is 25.0. The van der Waals surface area contributed by atoms with E-state index in [1.807, 2.05) is 11.8 Å². The smallest absolute Gasteiger partial charge is 0.228 e. The van der Waals surface area contributed by atoms with E-state index in [2.05, 4.69) is 0 Å². The van der Waals surface area contributed by atoms with Crippen molar-refractivity contribution in [3.8, 4) is 0 Å². The molecular formula is C14H26N2O4S. The van der Waals surface area contributed by atoms with Crippen LogP contribution >= 0.6 is 0 Å². The van der Waals surface area contributed by atoms with Crippen LogP contribution in [0, 0.1) is 5.92 Å². The van der Waals surface area contributed by atoms with E-state index in [9.17, 15) is 13.2 Å². The van der Waals surface area contributed by atoms with E-state index >= 15 is 0 Å². The zero-order valence-corrected chi connectivity index (χ0v) is 13.6. The van der Waals surface area contributed by atoms with E-state index in [4.69, 9.17) is 4.74 Å². The molecule has 122 valence electrons. The van der Waals surface area contributed by atoms with E-state index in [0.29, 0.717) is 52.2 Å². The minimum Gasteiger partial charge on any atom is -0.381 e. The predicted octanol–water partition coefficient (Wildman–Crippen LogP) is 0.687. The number of carbonyl (C=O) groups excluding carboxylic acids is 1. The topological polar surface area (TPSA) is 66.9 Å². The fourth-order valence-corrected chi connectivity index (χ4v) is 4.51. The molecule has 1 unspecified atom stereocenters. The van der Waals surface area contributed by atoms with Crippen molar-refractivity contribution in [3.05, 3.63) is 0 Å². The lowest BCUT2D eigenvalue weighted by atomic mass is 10.1. The maximum Gasteiger partial charge on any atom is 0.228 e. The number of amides is 1. The van der Waals surface area contributed by atoms with E-state index in [1.165, 1.54) is 0 Å². The molecular weight excluding hydrogens is 292 g/mol. The number of ether oxygens (including phenoxy) is 1. The summed E-state index contributed by atoms with van der Waals surface area (Å²) in [7, 11) is -3.17. The summed E-state index contributed by atoms with van der Waals surface area (Å²) >= 11 is 0. The van der Waals surface area contributed by atoms with Gasteiger partial charge in [-0.15, -0.1) is 0 Å². The zero-order chi connectivity index (χ0) is 15.3. The summed E-state index contributed by atoms with van der Waals surface area (Å²) in [6, 6.07) is 0. The van der Waals surface area contributed by atoms with Crippen LogP contribution in [0.15, 0.2) is 0 Å². The molecule has 0 N–H and O–H groups in total. The standard InChI is InChI=1S/C14H26N2O4S/c1-2-3-11-21(18,19)16-7-4-6-15(8-9-16)14(17)13-5-10-20-12-13/h13H,2-12H2,1H3. The molecule has 1 atom stereocenters. The molecule has 21 heavy (non-hydrogen) atoms. The van der Waals surface area contributed by atoms with Gasteiger partial charge in [-0.1, -0.05) is 13.3 Å². The van der Waals surface area contributed by atoms with Crippen LogP contribution < -0.4 is 0 Å². The molecule has 0 aromatic carbocycles. The lowest BCUT2D eigenvalue weighted by molar-refractivity contribution is -0.135. The van der Waals surface area contributed by atoms with Crippen molar-refractivity contribution in [1.82, 2.24) is 9.21 Å². The first-order valence-electron chi connectivity index (χ1n) is 7.89. The van der Waals surface area contributed by atoms with Gasteiger partial charge in [-0.3, -0.25) is 4.79 Å². The molecule has 0 aromatic heterocycles. The fourth-order valence-electron chi connectivity index (χ4n) is 2.84. The van der Waals surface area contributed by atoms with Crippen molar-refractivity contribution in [2.45, 2.75) is 32.6 Å². The maximum atomic E-state index is 12.4. The van der Waals surface area contributed by atoms with Crippen LogP contribution in [0.3, 0.4) is 0 Å². The molecule has 0 aliphatic carbocycles. The highest BCUT2D eigenvalue weighted by Gasteiger charge is 2.31. The van der Waals surface area contributed by atoms with Crippen LogP contribution in [0.5, 0.6) is 0 Å². The molecule has 7 heteroatoms. The average molecular weight is 318 g/mol. The highest BCUT2D eigenvalue weighted by atomic mass is 32.2. The largest absolute Gasteiger partial charge is 0.381 e. The lowest BCUT2D eigenvalue weighted by Gasteiger charge is -2.24. The number of nitrogens with zero attached hydrogens (tertiary/aromatic N) is 2. The predicted molar refractivity (Wildman–Crippen MR) is 80.4 cm³/mol. The van der Waals surface area contributed by atoms with Gasteiger partial charge in [-0.05, 0) is 19.3 Å². The van der Waals surface area contributed by atoms with E-state index < -0.39 is 10.0 Å². The summed E-state index contributed by atoms with van der Waals surface area (Å²) in [6.07, 6.45) is 3.07. The first-order valence-corrected chi connectivity index (χ1v) is 9.50. The van der Waals surface area contributed by atoms with Crippen molar-refractivity contribution in [1.29, 1.82) is 0 Å². The van der Waals surface area contributed by atoms with Gasteiger partial charge in [0.1, 0.15) is 0 Å². The molecule has 2 fully saturated rings. The van der Waals surface area contributed by atoms with Crippen molar-refractivity contribution in [2.75, 3.05) is 45.1 Å². The van der Waals surface area contributed by atoms with Crippen molar-refractivity contribution in [2.24, 2.45) is 5.92 Å². The van der Waals surface area contributed by atoms with E-state index in [-0.39, 0.29) is 17.6 Å². The summed E-state index contributed by atoms with van der Waals surface area (Å²) in [6.45, 7) is 5.25. The van der Waals surface area contributed by atoms with Crippen LogP contribution in [0.1, 0.15) is 32.6 Å². The molecule has 6 nitrogen and oxygen atoms in total. The number of hydrogen-bond acceptors (Lipinski definition) is 4. The average Bonchev–Trinajstić information content (AvgIpc) is 2.88. The Hall–Kier alpha value is -0.660. The first kappa shape index (κ1) is 16.7. The van der Waals surface area contributed by atoms with Crippen LogP contribution in [-0.2, 0) is 19.6 Å². The first-order chi connectivity index (χ1) is 10.0. The molecule has 2 rings (SSSR count). The molecule has 2 aliphatic rings. The summed E-state index contributed by atoms with van der Waals surface area (Å²) < 4.78 is 31.3. The second kappa shape index (κ2) is 7.56. The van der Waals surface area contributed by atoms with Gasteiger partial charge in [0.25, 0.3) is 0 Å². The fraction of sp³-hybridized carbons (Fsp3) is 0.929. The van der Waals surface area contributed by atoms with Crippen LogP contribution in [0.2, 0.25) is 0 Å². The Morgan fingerprint density at radius 3 is 2.71 bits per heavy atom. The van der Waals surface area contributed by atoms with Crippen LogP contribution in [0.4, 0.5) is 0 Å². The minimum absolute atomic E-state index is 0.0340. The van der Waals surface area contributed by atoms with E-state index in [1.54, 1.807) is 4.31 Å². The highest BCUT2D eigenvalue weighted by molar-refractivity contribution is 7.89. The van der Waals surface area contributed by atoms with Gasteiger partial charge in [-0.25, -0.2) is 12.7 Å². The lowest BCUT2D eigenvalue weighted by Crippen LogP contribution is -2.40. The number of rotatable bonds is 5. The quantitative estimate of drug-likeness (QED) is 0.748. The van der Waals surface area contributed by atoms with Gasteiger partial charge in [-0.2, -0.15) is 0 Å². The third-order valence-electron chi connectivity index (χ3n) is 4.19. The Bertz CT molecular complexity index is 446. The monoisotopic (exact) mass is 318 g/mol. The van der Waals surface area contributed by atoms with E-state index in [0.717, 1.165) is 12.8 Å². The minimum atomic E-state index is -3.17. The van der Waals surface area contributed by atoms with Crippen molar-refractivity contribution in [3.63, 3.8) is 0 Å². The summed E-state index contributed by atoms with van der Waals surface area (Å²) in [5.41, 5.74) is 0. The maximum absolute atomic E-state index is 12.4. The Morgan fingerprint density at radius 1 is 1.24 bits per heavy atom. The Kier molecular flexibility index (Phi) is 6.01. The van der Waals surface area contributed by atoms with Crippen molar-refractivity contribution < 1.29 is 17.9 Å². The van der Waals surface area contributed by atoms with Gasteiger partial charge in [0, 0.05) is 32.8 Å². The third-order valence-corrected chi connectivity index (χ3v) is 6.15. The molecule has 0 aromatic rings. The highest BCUT2D eigenvalue weighted by Crippen LogP contribution is 2.18. The summed E-state index contributed by atoms with van der Waals surface area (Å²) in [5.74, 6) is 0.307. The number of sulfonamides is 1. The Balaban J connectivity index is 1.90. The summed E-state index contributed by atoms with van der Waals surface area (Å²) in [4.78, 5) is 14.2. The SMILES string of the molecule is CCCCS(=O)(=O)N1CCCN(C(=O)C2CCOC2)CC1. The summed E-state index contributed by atoms with van der Waals surface area (Å²) in [5, 5.41) is 0. The molecule has 0 spiro atoms. The third kappa shape index (κ3) is 4.40. The molecule has 2 saturated heterocycles. The van der Waals surface area contributed by atoms with Gasteiger partial charge in [0.15, 0.2) is 0 Å². The van der Waals surface area contributed by atoms with Gasteiger partial charge in [0.2, 0.25) is 15.9 Å². The van der Waals surface area contributed by atoms with Crippen LogP contribution in [0.25, 0.3) is 0 Å². The molecule has 2 aliphatic heterocycles. The number of unbranched alkanes of at least 4 members (excludes halogenated alkanes) is 1. The van der Waals surface area contributed by atoms with Crippen molar-refractivity contribution >= 4 is 15.9 Å². The van der Waals surface area contributed by atoms with Gasteiger partial charge >= 0.3 is 0 Å². The second-order valence-electron chi connectivity index (χ2n) is 5.81. The zero-order valence-electron chi connectivity index (χ0n) is 12.8. The number of carbonyl (C=O) groups is 1. The van der Waals surface area contributed by atoms with Gasteiger partial charge < -0.3 is 9.64 Å². The molecule has 2 heterocycles. The van der Waals surface area contributed by atoms with Crippen LogP contribution in [-0.4, -0.2) is 68.7 Å². The Labute approximate surface area is 127 Å². The second-order valence-corrected chi connectivity index (χ2v) is 7.90.